The van der Waals surface area contributed by atoms with E-state index in [1.165, 1.54) is 6.26 Å². The summed E-state index contributed by atoms with van der Waals surface area (Å²) in [6, 6.07) is 11.0. The molecule has 4 amide bonds. The summed E-state index contributed by atoms with van der Waals surface area (Å²) >= 11 is 0. The van der Waals surface area contributed by atoms with Gasteiger partial charge in [0, 0.05) is 18.5 Å². The molecule has 3 atom stereocenters. The van der Waals surface area contributed by atoms with Crippen LogP contribution in [0.3, 0.4) is 0 Å². The van der Waals surface area contributed by atoms with Crippen LogP contribution in [0.1, 0.15) is 19.4 Å². The quantitative estimate of drug-likeness (QED) is 0.623. The summed E-state index contributed by atoms with van der Waals surface area (Å²) in [5.41, 5.74) is 1.93. The van der Waals surface area contributed by atoms with Crippen molar-refractivity contribution < 1.29 is 27.5 Å². The Morgan fingerprint density at radius 1 is 0.971 bits per heavy atom. The van der Waals surface area contributed by atoms with Crippen molar-refractivity contribution >= 4 is 33.4 Å². The monoisotopic (exact) mass is 483 g/mol. The van der Waals surface area contributed by atoms with Gasteiger partial charge in [0.1, 0.15) is 0 Å². The van der Waals surface area contributed by atoms with Crippen LogP contribution in [0.2, 0.25) is 0 Å². The van der Waals surface area contributed by atoms with Crippen LogP contribution in [0.5, 0.6) is 0 Å². The average Bonchev–Trinajstić information content (AvgIpc) is 2.76. The lowest BCUT2D eigenvalue weighted by atomic mass is 9.66. The smallest absolute Gasteiger partial charge is 0.328 e. The molecule has 2 fully saturated rings. The summed E-state index contributed by atoms with van der Waals surface area (Å²) in [6.07, 6.45) is 0.717. The third-order valence-corrected chi connectivity index (χ3v) is 8.06. The van der Waals surface area contributed by atoms with E-state index in [2.05, 4.69) is 10.6 Å². The Kier molecular flexibility index (Phi) is 5.07. The number of amides is 4. The summed E-state index contributed by atoms with van der Waals surface area (Å²) < 4.78 is 29.7. The number of barbiturate groups is 1. The summed E-state index contributed by atoms with van der Waals surface area (Å²) in [5, 5.41) is 4.56. The standard InChI is InChI=1S/C24H25N3O6S/c1-13-12-27-19-10-16(15-6-8-18(9-7-15)34(3,31)32)4-5-17(19)11-24(20(27)14(2)33-13)21(28)25-23(30)26-22(24)29/h4-10,13-14,20H,11-12H2,1-3H3,(H2,25,26,28,29,30). The summed E-state index contributed by atoms with van der Waals surface area (Å²) in [4.78, 5) is 40.4. The Morgan fingerprint density at radius 2 is 1.59 bits per heavy atom. The lowest BCUT2D eigenvalue weighted by Gasteiger charge is -2.55. The fraction of sp³-hybridized carbons (Fsp3) is 0.375. The highest BCUT2D eigenvalue weighted by Gasteiger charge is 2.62. The van der Waals surface area contributed by atoms with Crippen molar-refractivity contribution in [2.24, 2.45) is 5.41 Å². The number of nitrogens with one attached hydrogen (secondary N) is 2. The Hall–Kier alpha value is -3.24. The van der Waals surface area contributed by atoms with Gasteiger partial charge in [-0.05, 0) is 55.2 Å². The van der Waals surface area contributed by atoms with Gasteiger partial charge >= 0.3 is 6.03 Å². The molecule has 34 heavy (non-hydrogen) atoms. The molecule has 178 valence electrons. The summed E-state index contributed by atoms with van der Waals surface area (Å²) in [5.74, 6) is -1.24. The highest BCUT2D eigenvalue weighted by molar-refractivity contribution is 7.90. The molecule has 0 aliphatic carbocycles. The summed E-state index contributed by atoms with van der Waals surface area (Å²) in [6.45, 7) is 4.24. The van der Waals surface area contributed by atoms with Gasteiger partial charge in [-0.25, -0.2) is 13.2 Å². The maximum atomic E-state index is 13.2. The number of carbonyl (C=O) groups is 3. The van der Waals surface area contributed by atoms with Crippen LogP contribution >= 0.6 is 0 Å². The number of sulfone groups is 1. The van der Waals surface area contributed by atoms with Gasteiger partial charge in [-0.1, -0.05) is 24.3 Å². The zero-order chi connectivity index (χ0) is 24.4. The predicted molar refractivity (Wildman–Crippen MR) is 124 cm³/mol. The second kappa shape index (κ2) is 7.64. The molecule has 1 spiro atoms. The van der Waals surface area contributed by atoms with E-state index in [-0.39, 0.29) is 17.4 Å². The minimum atomic E-state index is -3.30. The number of hydrogen-bond donors (Lipinski definition) is 2. The van der Waals surface area contributed by atoms with E-state index < -0.39 is 45.2 Å². The molecule has 3 heterocycles. The first kappa shape index (κ1) is 22.5. The van der Waals surface area contributed by atoms with Crippen LogP contribution in [0.25, 0.3) is 11.1 Å². The number of hydrogen-bond acceptors (Lipinski definition) is 7. The Labute approximate surface area is 197 Å². The molecular formula is C24H25N3O6S. The van der Waals surface area contributed by atoms with Crippen LogP contribution < -0.4 is 15.5 Å². The molecule has 2 aromatic rings. The lowest BCUT2D eigenvalue weighted by Crippen LogP contribution is -2.75. The first-order valence-corrected chi connectivity index (χ1v) is 12.9. The zero-order valence-electron chi connectivity index (χ0n) is 19.0. The Bertz CT molecular complexity index is 1300. The lowest BCUT2D eigenvalue weighted by molar-refractivity contribution is -0.153. The Morgan fingerprint density at radius 3 is 2.21 bits per heavy atom. The first-order valence-electron chi connectivity index (χ1n) is 11.0. The van der Waals surface area contributed by atoms with E-state index in [0.29, 0.717) is 6.54 Å². The largest absolute Gasteiger partial charge is 0.372 e. The number of fused-ring (bicyclic) bond motifs is 4. The summed E-state index contributed by atoms with van der Waals surface area (Å²) in [7, 11) is -3.30. The van der Waals surface area contributed by atoms with Crippen LogP contribution in [-0.4, -0.2) is 57.3 Å². The molecule has 2 N–H and O–H groups in total. The molecule has 3 unspecified atom stereocenters. The number of nitrogens with zero attached hydrogens (tertiary/aromatic N) is 1. The molecule has 0 saturated carbocycles. The number of benzene rings is 2. The molecule has 3 aliphatic heterocycles. The van der Waals surface area contributed by atoms with Gasteiger partial charge in [-0.3, -0.25) is 20.2 Å². The van der Waals surface area contributed by atoms with Gasteiger partial charge in [0.15, 0.2) is 15.3 Å². The molecule has 0 radical (unpaired) electrons. The third-order valence-electron chi connectivity index (χ3n) is 6.93. The van der Waals surface area contributed by atoms with Gasteiger partial charge < -0.3 is 9.64 Å². The number of ether oxygens (including phenoxy) is 1. The Balaban J connectivity index is 1.62. The second-order valence-corrected chi connectivity index (χ2v) is 11.3. The van der Waals surface area contributed by atoms with E-state index in [9.17, 15) is 22.8 Å². The van der Waals surface area contributed by atoms with Crippen molar-refractivity contribution in [2.75, 3.05) is 17.7 Å². The van der Waals surface area contributed by atoms with E-state index >= 15 is 0 Å². The van der Waals surface area contributed by atoms with Crippen molar-refractivity contribution in [2.45, 2.75) is 43.4 Å². The SMILES string of the molecule is CC1CN2c3cc(-c4ccc(S(C)(=O)=O)cc4)ccc3CC3(C(=O)NC(=O)NC3=O)C2C(C)O1. The maximum Gasteiger partial charge on any atom is 0.328 e. The molecule has 0 aromatic heterocycles. The van der Waals surface area contributed by atoms with E-state index in [0.717, 1.165) is 22.4 Å². The minimum absolute atomic E-state index is 0.129. The average molecular weight is 484 g/mol. The van der Waals surface area contributed by atoms with Crippen LogP contribution in [0.15, 0.2) is 47.4 Å². The number of anilines is 1. The predicted octanol–water partition coefficient (Wildman–Crippen LogP) is 1.65. The van der Waals surface area contributed by atoms with Crippen molar-refractivity contribution in [3.63, 3.8) is 0 Å². The van der Waals surface area contributed by atoms with Crippen molar-refractivity contribution in [1.82, 2.24) is 10.6 Å². The van der Waals surface area contributed by atoms with Crippen molar-refractivity contribution in [3.05, 3.63) is 48.0 Å². The highest BCUT2D eigenvalue weighted by atomic mass is 32.2. The van der Waals surface area contributed by atoms with Crippen molar-refractivity contribution in [1.29, 1.82) is 0 Å². The minimum Gasteiger partial charge on any atom is -0.372 e. The van der Waals surface area contributed by atoms with Gasteiger partial charge in [-0.15, -0.1) is 0 Å². The van der Waals surface area contributed by atoms with E-state index in [4.69, 9.17) is 4.74 Å². The normalized spacial score (nSPS) is 25.9. The van der Waals surface area contributed by atoms with E-state index in [1.54, 1.807) is 24.3 Å². The molecule has 2 saturated heterocycles. The number of urea groups is 1. The number of imide groups is 2. The first-order chi connectivity index (χ1) is 16.0. The molecule has 10 heteroatoms. The van der Waals surface area contributed by atoms with Crippen LogP contribution in [0, 0.1) is 5.41 Å². The van der Waals surface area contributed by atoms with Crippen LogP contribution in [0.4, 0.5) is 10.5 Å². The molecule has 2 aromatic carbocycles. The highest BCUT2D eigenvalue weighted by Crippen LogP contribution is 2.47. The van der Waals surface area contributed by atoms with Gasteiger partial charge in [0.2, 0.25) is 11.8 Å². The second-order valence-electron chi connectivity index (χ2n) is 9.27. The number of morpholine rings is 1. The number of carbonyl (C=O) groups excluding carboxylic acids is 3. The molecule has 0 bridgehead atoms. The fourth-order valence-corrected chi connectivity index (χ4v) is 6.13. The maximum absolute atomic E-state index is 13.2. The third kappa shape index (κ3) is 3.40. The topological polar surface area (TPSA) is 122 Å². The molecular weight excluding hydrogens is 458 g/mol. The zero-order valence-corrected chi connectivity index (χ0v) is 19.8. The van der Waals surface area contributed by atoms with E-state index in [1.807, 2.05) is 36.9 Å². The van der Waals surface area contributed by atoms with Gasteiger partial charge in [0.05, 0.1) is 23.1 Å². The van der Waals surface area contributed by atoms with Gasteiger partial charge in [-0.2, -0.15) is 0 Å². The number of rotatable bonds is 2. The van der Waals surface area contributed by atoms with Gasteiger partial charge in [0.25, 0.3) is 0 Å². The molecule has 9 nitrogen and oxygen atoms in total. The molecule has 5 rings (SSSR count). The molecule has 3 aliphatic rings. The van der Waals surface area contributed by atoms with Crippen molar-refractivity contribution in [3.8, 4) is 11.1 Å². The van der Waals surface area contributed by atoms with Crippen LogP contribution in [-0.2, 0) is 30.6 Å². The fourth-order valence-electron chi connectivity index (χ4n) is 5.50.